The molecule has 1 saturated heterocycles. The van der Waals surface area contributed by atoms with E-state index in [1.54, 1.807) is 11.0 Å². The van der Waals surface area contributed by atoms with E-state index in [1.807, 2.05) is 13.8 Å². The number of likely N-dealkylation sites (N-methyl/N-ethyl adjacent to an activating group) is 1. The fraction of sp³-hybridized carbons (Fsp3) is 0.286. The van der Waals surface area contributed by atoms with Crippen molar-refractivity contribution in [3.05, 3.63) is 43.8 Å². The molecule has 0 saturated carbocycles. The van der Waals surface area contributed by atoms with Gasteiger partial charge in [0.1, 0.15) is 0 Å². The number of carbonyl (C=O) groups excluding carboxylic acids is 1. The molecule has 0 aliphatic carbocycles. The highest BCUT2D eigenvalue weighted by Gasteiger charge is 2.32. The van der Waals surface area contributed by atoms with Gasteiger partial charge >= 0.3 is 0 Å². The van der Waals surface area contributed by atoms with Crippen molar-refractivity contribution in [2.45, 2.75) is 13.8 Å². The van der Waals surface area contributed by atoms with E-state index < -0.39 is 4.92 Å². The first-order valence-electron chi connectivity index (χ1n) is 6.67. The summed E-state index contributed by atoms with van der Waals surface area (Å²) in [5, 5.41) is 11.8. The van der Waals surface area contributed by atoms with Gasteiger partial charge in [-0.3, -0.25) is 24.8 Å². The zero-order chi connectivity index (χ0) is 16.3. The zero-order valence-corrected chi connectivity index (χ0v) is 13.6. The standard InChI is InChI=1S/C14H14ClN3O3S/c1-3-16-14-17(4-2)13(19)12(22-14)8-9-7-10(18(20)21)5-6-11(9)15/h5-8H,3-4H2,1-2H3/b12-8+,16-14?. The fourth-order valence-electron chi connectivity index (χ4n) is 1.94. The number of non-ortho nitro benzene ring substituents is 1. The maximum absolute atomic E-state index is 12.3. The van der Waals surface area contributed by atoms with Crippen molar-refractivity contribution in [1.29, 1.82) is 0 Å². The highest BCUT2D eigenvalue weighted by molar-refractivity contribution is 8.18. The second kappa shape index (κ2) is 6.93. The number of amides is 1. The van der Waals surface area contributed by atoms with Crippen LogP contribution in [-0.4, -0.2) is 34.0 Å². The SMILES string of the molecule is CCN=C1S/C(=C/c2cc([N+](=O)[O-])ccc2Cl)C(=O)N1CC. The lowest BCUT2D eigenvalue weighted by atomic mass is 10.2. The highest BCUT2D eigenvalue weighted by Crippen LogP contribution is 2.34. The maximum atomic E-state index is 12.3. The average Bonchev–Trinajstić information content (AvgIpc) is 2.77. The molecule has 0 aromatic heterocycles. The van der Waals surface area contributed by atoms with Gasteiger partial charge in [0.25, 0.3) is 11.6 Å². The molecule has 1 aliphatic heterocycles. The Morgan fingerprint density at radius 2 is 2.18 bits per heavy atom. The van der Waals surface area contributed by atoms with Crippen LogP contribution in [0.1, 0.15) is 19.4 Å². The van der Waals surface area contributed by atoms with Crippen molar-refractivity contribution in [2.75, 3.05) is 13.1 Å². The Morgan fingerprint density at radius 1 is 1.45 bits per heavy atom. The summed E-state index contributed by atoms with van der Waals surface area (Å²) in [4.78, 5) is 29.0. The number of hydrogen-bond donors (Lipinski definition) is 0. The van der Waals surface area contributed by atoms with Crippen molar-refractivity contribution >= 4 is 46.2 Å². The highest BCUT2D eigenvalue weighted by atomic mass is 35.5. The van der Waals surface area contributed by atoms with Gasteiger partial charge in [0.05, 0.1) is 9.83 Å². The van der Waals surface area contributed by atoms with E-state index in [0.29, 0.717) is 33.7 Å². The minimum atomic E-state index is -0.496. The molecule has 0 bridgehead atoms. The first-order chi connectivity index (χ1) is 10.5. The molecule has 6 nitrogen and oxygen atoms in total. The number of amidine groups is 1. The number of carbonyl (C=O) groups is 1. The Kier molecular flexibility index (Phi) is 5.20. The molecule has 1 aliphatic rings. The van der Waals surface area contributed by atoms with Gasteiger partial charge in [-0.1, -0.05) is 11.6 Å². The molecule has 0 radical (unpaired) electrons. The van der Waals surface area contributed by atoms with Crippen molar-refractivity contribution in [2.24, 2.45) is 4.99 Å². The number of thioether (sulfide) groups is 1. The summed E-state index contributed by atoms with van der Waals surface area (Å²) in [5.41, 5.74) is 0.377. The summed E-state index contributed by atoms with van der Waals surface area (Å²) in [5.74, 6) is -0.165. The van der Waals surface area contributed by atoms with Crippen LogP contribution in [0.2, 0.25) is 5.02 Å². The lowest BCUT2D eigenvalue weighted by molar-refractivity contribution is -0.384. The van der Waals surface area contributed by atoms with Gasteiger partial charge in [-0.25, -0.2) is 0 Å². The van der Waals surface area contributed by atoms with E-state index in [1.165, 1.54) is 30.0 Å². The molecule has 0 atom stereocenters. The molecule has 1 amide bonds. The van der Waals surface area contributed by atoms with Gasteiger partial charge in [-0.15, -0.1) is 0 Å². The lowest BCUT2D eigenvalue weighted by Crippen LogP contribution is -2.28. The second-order valence-corrected chi connectivity index (χ2v) is 5.80. The van der Waals surface area contributed by atoms with Crippen molar-refractivity contribution in [3.8, 4) is 0 Å². The number of halogens is 1. The molecule has 1 heterocycles. The van der Waals surface area contributed by atoms with E-state index in [4.69, 9.17) is 11.6 Å². The van der Waals surface area contributed by atoms with E-state index in [-0.39, 0.29) is 11.6 Å². The minimum Gasteiger partial charge on any atom is -0.287 e. The van der Waals surface area contributed by atoms with Crippen molar-refractivity contribution < 1.29 is 9.72 Å². The Labute approximate surface area is 137 Å². The number of rotatable bonds is 4. The first-order valence-corrected chi connectivity index (χ1v) is 7.87. The number of benzene rings is 1. The van der Waals surface area contributed by atoms with Crippen LogP contribution in [0.4, 0.5) is 5.69 Å². The van der Waals surface area contributed by atoms with Crippen molar-refractivity contribution in [3.63, 3.8) is 0 Å². The molecule has 1 fully saturated rings. The summed E-state index contributed by atoms with van der Waals surface area (Å²) in [6, 6.07) is 4.14. The molecule has 1 aromatic carbocycles. The smallest absolute Gasteiger partial charge is 0.270 e. The summed E-state index contributed by atoms with van der Waals surface area (Å²) in [6.07, 6.45) is 1.57. The fourth-order valence-corrected chi connectivity index (χ4v) is 3.20. The zero-order valence-electron chi connectivity index (χ0n) is 12.1. The molecule has 0 spiro atoms. The topological polar surface area (TPSA) is 75.8 Å². The lowest BCUT2D eigenvalue weighted by Gasteiger charge is -2.11. The molecular formula is C14H14ClN3O3S. The van der Waals surface area contributed by atoms with Crippen molar-refractivity contribution in [1.82, 2.24) is 4.90 Å². The summed E-state index contributed by atoms with van der Waals surface area (Å²) >= 11 is 7.32. The Balaban J connectivity index is 2.41. The van der Waals surface area contributed by atoms with E-state index in [2.05, 4.69) is 4.99 Å². The average molecular weight is 340 g/mol. The number of nitrogens with zero attached hydrogens (tertiary/aromatic N) is 3. The van der Waals surface area contributed by atoms with Crippen LogP contribution >= 0.6 is 23.4 Å². The van der Waals surface area contributed by atoms with Gasteiger partial charge in [0, 0.05) is 35.8 Å². The van der Waals surface area contributed by atoms with Crippen LogP contribution < -0.4 is 0 Å². The van der Waals surface area contributed by atoms with Crippen LogP contribution in [-0.2, 0) is 4.79 Å². The van der Waals surface area contributed by atoms with E-state index >= 15 is 0 Å². The number of aliphatic imine (C=N–C) groups is 1. The normalized spacial score (nSPS) is 18.5. The number of nitro benzene ring substituents is 1. The van der Waals surface area contributed by atoms with Gasteiger partial charge < -0.3 is 0 Å². The Morgan fingerprint density at radius 3 is 2.77 bits per heavy atom. The molecule has 0 unspecified atom stereocenters. The first kappa shape index (κ1) is 16.5. The van der Waals surface area contributed by atoms with Gasteiger partial charge in [0.2, 0.25) is 0 Å². The third-order valence-corrected chi connectivity index (χ3v) is 4.36. The molecule has 1 aromatic rings. The quantitative estimate of drug-likeness (QED) is 0.477. The van der Waals surface area contributed by atoms with Crippen LogP contribution in [0.25, 0.3) is 6.08 Å². The third kappa shape index (κ3) is 3.31. The third-order valence-electron chi connectivity index (χ3n) is 2.97. The molecular weight excluding hydrogens is 326 g/mol. The van der Waals surface area contributed by atoms with Gasteiger partial charge in [0.15, 0.2) is 5.17 Å². The molecule has 8 heteroatoms. The Bertz CT molecular complexity index is 688. The summed E-state index contributed by atoms with van der Waals surface area (Å²) < 4.78 is 0. The van der Waals surface area contributed by atoms with Gasteiger partial charge in [-0.2, -0.15) is 0 Å². The molecule has 116 valence electrons. The minimum absolute atomic E-state index is 0.0681. The number of hydrogen-bond acceptors (Lipinski definition) is 5. The van der Waals surface area contributed by atoms with Crippen LogP contribution in [0, 0.1) is 10.1 Å². The van der Waals surface area contributed by atoms with Crippen LogP contribution in [0.15, 0.2) is 28.1 Å². The molecule has 2 rings (SSSR count). The maximum Gasteiger partial charge on any atom is 0.270 e. The largest absolute Gasteiger partial charge is 0.287 e. The van der Waals surface area contributed by atoms with E-state index in [0.717, 1.165) is 0 Å². The monoisotopic (exact) mass is 339 g/mol. The summed E-state index contributed by atoms with van der Waals surface area (Å²) in [7, 11) is 0. The number of nitro groups is 1. The van der Waals surface area contributed by atoms with Crippen LogP contribution in [0.3, 0.4) is 0 Å². The van der Waals surface area contributed by atoms with Crippen LogP contribution in [0.5, 0.6) is 0 Å². The Hall–Kier alpha value is -1.86. The predicted octanol–water partition coefficient (Wildman–Crippen LogP) is 3.56. The second-order valence-electron chi connectivity index (χ2n) is 4.38. The van der Waals surface area contributed by atoms with E-state index in [9.17, 15) is 14.9 Å². The van der Waals surface area contributed by atoms with Gasteiger partial charge in [-0.05, 0) is 37.8 Å². The molecule has 0 N–H and O–H groups in total. The molecule has 22 heavy (non-hydrogen) atoms. The summed E-state index contributed by atoms with van der Waals surface area (Å²) in [6.45, 7) is 4.86. The predicted molar refractivity (Wildman–Crippen MR) is 89.0 cm³/mol.